The predicted molar refractivity (Wildman–Crippen MR) is 183 cm³/mol. The zero-order valence-electron chi connectivity index (χ0n) is 29.0. The molecule has 5 atom stereocenters. The Balaban J connectivity index is 2.09. The highest BCUT2D eigenvalue weighted by molar-refractivity contribution is 5.84. The number of unbranched alkanes of at least 4 members (excludes halogenated alkanes) is 14. The number of ether oxygens (including phenoxy) is 2. The molecule has 46 heavy (non-hydrogen) atoms. The fourth-order valence-corrected chi connectivity index (χ4v) is 5.89. The van der Waals surface area contributed by atoms with Gasteiger partial charge in [0.15, 0.2) is 0 Å². The molecule has 266 valence electrons. The first-order valence-corrected chi connectivity index (χ1v) is 18.5. The average Bonchev–Trinajstić information content (AvgIpc) is 3.31. The summed E-state index contributed by atoms with van der Waals surface area (Å²) in [6.07, 6.45) is 25.9. The molecule has 3 N–H and O–H groups in total. The van der Waals surface area contributed by atoms with Crippen LogP contribution in [-0.4, -0.2) is 64.6 Å². The van der Waals surface area contributed by atoms with Gasteiger partial charge >= 0.3 is 11.9 Å². The van der Waals surface area contributed by atoms with Crippen LogP contribution in [0.2, 0.25) is 0 Å². The molecule has 0 spiro atoms. The van der Waals surface area contributed by atoms with Crippen molar-refractivity contribution in [3.8, 4) is 0 Å². The molecule has 1 saturated carbocycles. The molecule has 0 aromatic heterocycles. The third-order valence-electron chi connectivity index (χ3n) is 8.81. The maximum Gasteiger partial charge on any atom is 0.305 e. The van der Waals surface area contributed by atoms with Gasteiger partial charge in [0, 0.05) is 31.1 Å². The maximum atomic E-state index is 12.4. The zero-order valence-corrected chi connectivity index (χ0v) is 29.0. The van der Waals surface area contributed by atoms with Crippen molar-refractivity contribution in [3.05, 3.63) is 24.3 Å². The van der Waals surface area contributed by atoms with Gasteiger partial charge in [-0.3, -0.25) is 14.4 Å². The van der Waals surface area contributed by atoms with E-state index in [2.05, 4.69) is 13.8 Å². The van der Waals surface area contributed by atoms with Gasteiger partial charge in [0.25, 0.3) is 0 Å². The van der Waals surface area contributed by atoms with E-state index >= 15 is 0 Å². The molecule has 8 nitrogen and oxygen atoms in total. The minimum Gasteiger partial charge on any atom is -0.463 e. The molecule has 1 aliphatic rings. The van der Waals surface area contributed by atoms with E-state index in [1.165, 1.54) is 57.8 Å². The monoisotopic (exact) mass is 650 g/mol. The number of aliphatic hydroxyl groups excluding tert-OH is 3. The van der Waals surface area contributed by atoms with Crippen LogP contribution in [0.5, 0.6) is 0 Å². The van der Waals surface area contributed by atoms with E-state index in [0.29, 0.717) is 32.1 Å². The zero-order chi connectivity index (χ0) is 33.8. The summed E-state index contributed by atoms with van der Waals surface area (Å²) >= 11 is 0. The van der Waals surface area contributed by atoms with E-state index in [4.69, 9.17) is 9.47 Å². The third-order valence-corrected chi connectivity index (χ3v) is 8.81. The third kappa shape index (κ3) is 21.7. The van der Waals surface area contributed by atoms with Crippen LogP contribution in [0.3, 0.4) is 0 Å². The molecular weight excluding hydrogens is 584 g/mol. The van der Waals surface area contributed by atoms with E-state index in [1.807, 2.05) is 12.2 Å². The number of hydrogen-bond acceptors (Lipinski definition) is 8. The fraction of sp³-hybridized carbons (Fsp3) is 0.816. The molecule has 8 heteroatoms. The van der Waals surface area contributed by atoms with Gasteiger partial charge in [-0.2, -0.15) is 0 Å². The second-order valence-corrected chi connectivity index (χ2v) is 13.1. The van der Waals surface area contributed by atoms with Crippen LogP contribution in [0.25, 0.3) is 0 Å². The van der Waals surface area contributed by atoms with E-state index in [9.17, 15) is 29.7 Å². The Labute approximate surface area is 279 Å². The molecule has 1 aliphatic carbocycles. The second kappa shape index (κ2) is 28.0. The van der Waals surface area contributed by atoms with Crippen LogP contribution in [-0.2, 0) is 23.9 Å². The number of allylic oxidation sites excluding steroid dienone is 2. The van der Waals surface area contributed by atoms with Crippen LogP contribution in [0.4, 0.5) is 0 Å². The van der Waals surface area contributed by atoms with Crippen molar-refractivity contribution in [3.63, 3.8) is 0 Å². The molecule has 0 amide bonds. The Kier molecular flexibility index (Phi) is 25.6. The van der Waals surface area contributed by atoms with Crippen LogP contribution >= 0.6 is 0 Å². The molecule has 0 heterocycles. The number of aliphatic hydroxyl groups is 3. The first-order valence-electron chi connectivity index (χ1n) is 18.5. The summed E-state index contributed by atoms with van der Waals surface area (Å²) in [6, 6.07) is 0. The summed E-state index contributed by atoms with van der Waals surface area (Å²) in [4.78, 5) is 36.4. The molecule has 0 saturated heterocycles. The Bertz CT molecular complexity index is 854. The predicted octanol–water partition coefficient (Wildman–Crippen LogP) is 7.71. The quantitative estimate of drug-likeness (QED) is 0.0426. The number of rotatable bonds is 29. The van der Waals surface area contributed by atoms with Crippen molar-refractivity contribution < 1.29 is 39.2 Å². The molecule has 0 unspecified atom stereocenters. The highest BCUT2D eigenvalue weighted by Crippen LogP contribution is 2.33. The summed E-state index contributed by atoms with van der Waals surface area (Å²) in [5, 5.41) is 30.5. The van der Waals surface area contributed by atoms with E-state index < -0.39 is 24.3 Å². The van der Waals surface area contributed by atoms with Crippen molar-refractivity contribution in [2.75, 3.05) is 13.2 Å². The minimum atomic E-state index is -1.05. The van der Waals surface area contributed by atoms with Crippen molar-refractivity contribution in [2.24, 2.45) is 11.8 Å². The van der Waals surface area contributed by atoms with E-state index in [-0.39, 0.29) is 49.6 Å². The Morgan fingerprint density at radius 2 is 1.28 bits per heavy atom. The van der Waals surface area contributed by atoms with Crippen molar-refractivity contribution in [2.45, 2.75) is 173 Å². The summed E-state index contributed by atoms with van der Waals surface area (Å²) in [5.41, 5.74) is 0. The summed E-state index contributed by atoms with van der Waals surface area (Å²) in [7, 11) is 0. The highest BCUT2D eigenvalue weighted by Gasteiger charge is 2.39. The van der Waals surface area contributed by atoms with Gasteiger partial charge < -0.3 is 24.8 Å². The topological polar surface area (TPSA) is 130 Å². The summed E-state index contributed by atoms with van der Waals surface area (Å²) < 4.78 is 10.2. The molecular formula is C38H66O8. The minimum absolute atomic E-state index is 0.0319. The largest absolute Gasteiger partial charge is 0.463 e. The van der Waals surface area contributed by atoms with Crippen LogP contribution < -0.4 is 0 Å². The Morgan fingerprint density at radius 3 is 1.87 bits per heavy atom. The lowest BCUT2D eigenvalue weighted by Gasteiger charge is -2.16. The number of carbonyl (C=O) groups is 3. The Hall–Kier alpha value is -2.03. The fourth-order valence-electron chi connectivity index (χ4n) is 5.89. The first-order chi connectivity index (χ1) is 22.3. The summed E-state index contributed by atoms with van der Waals surface area (Å²) in [5.74, 6) is -1.33. The lowest BCUT2D eigenvalue weighted by atomic mass is 9.90. The SMILES string of the molecule is CCCCCCCCCCCCCCC(=O)OC[C@H](O)COC(=O)CCC/C=C\C[C@H]1C(=O)C[C@@H](O)[C@@H]1/C=C/[C@@H](O)CCCCC. The number of carbonyl (C=O) groups excluding carboxylic acids is 3. The van der Waals surface area contributed by atoms with E-state index in [1.54, 1.807) is 12.2 Å². The van der Waals surface area contributed by atoms with Crippen molar-refractivity contribution in [1.82, 2.24) is 0 Å². The van der Waals surface area contributed by atoms with E-state index in [0.717, 1.165) is 38.5 Å². The molecule has 1 rings (SSSR count). The lowest BCUT2D eigenvalue weighted by Crippen LogP contribution is -2.25. The van der Waals surface area contributed by atoms with Crippen LogP contribution in [0.1, 0.15) is 155 Å². The molecule has 0 aliphatic heterocycles. The molecule has 0 radical (unpaired) electrons. The number of ketones is 1. The van der Waals surface area contributed by atoms with Gasteiger partial charge in [0.1, 0.15) is 25.1 Å². The first kappa shape index (κ1) is 42.0. The molecule has 0 aromatic rings. The van der Waals surface area contributed by atoms with Crippen molar-refractivity contribution in [1.29, 1.82) is 0 Å². The van der Waals surface area contributed by atoms with Gasteiger partial charge in [0.2, 0.25) is 0 Å². The van der Waals surface area contributed by atoms with Gasteiger partial charge in [-0.05, 0) is 32.1 Å². The smallest absolute Gasteiger partial charge is 0.305 e. The number of hydrogen-bond donors (Lipinski definition) is 3. The van der Waals surface area contributed by atoms with Gasteiger partial charge in [-0.25, -0.2) is 0 Å². The van der Waals surface area contributed by atoms with Gasteiger partial charge in [-0.15, -0.1) is 0 Å². The van der Waals surface area contributed by atoms with Gasteiger partial charge in [0.05, 0.1) is 12.2 Å². The Morgan fingerprint density at radius 1 is 0.761 bits per heavy atom. The summed E-state index contributed by atoms with van der Waals surface area (Å²) in [6.45, 7) is 3.96. The maximum absolute atomic E-state index is 12.4. The standard InChI is InChI=1S/C38H66O8/c1-3-5-7-8-9-10-11-12-13-14-15-20-24-37(43)45-29-32(40)30-46-38(44)25-21-17-16-19-23-33-34(36(42)28-35(33)41)27-26-31(39)22-18-6-4-2/h16,19,26-27,31-34,36,39-40,42H,3-15,17-18,20-25,28-30H2,1-2H3/b19-16-,27-26+/t31-,32-,33+,34+,36+/m0/s1. The normalized spacial score (nSPS) is 19.7. The average molecular weight is 651 g/mol. The molecule has 1 fully saturated rings. The van der Waals surface area contributed by atoms with Crippen molar-refractivity contribution >= 4 is 17.7 Å². The van der Waals surface area contributed by atoms with Crippen LogP contribution in [0, 0.1) is 11.8 Å². The highest BCUT2D eigenvalue weighted by atomic mass is 16.6. The van der Waals surface area contributed by atoms with Crippen LogP contribution in [0.15, 0.2) is 24.3 Å². The number of esters is 2. The van der Waals surface area contributed by atoms with Gasteiger partial charge in [-0.1, -0.05) is 128 Å². The molecule has 0 aromatic carbocycles. The number of Topliss-reactive ketones (excluding diaryl/α,β-unsaturated/α-hetero) is 1. The lowest BCUT2D eigenvalue weighted by molar-refractivity contribution is -0.152. The second-order valence-electron chi connectivity index (χ2n) is 13.1. The molecule has 0 bridgehead atoms.